The van der Waals surface area contributed by atoms with Crippen LogP contribution in [0.2, 0.25) is 0 Å². The molecule has 5 heteroatoms. The Bertz CT molecular complexity index is 305. The van der Waals surface area contributed by atoms with Gasteiger partial charge in [0, 0.05) is 38.8 Å². The molecule has 0 aromatic rings. The molecular formula is C15H30ClN3O. The van der Waals surface area contributed by atoms with Crippen molar-refractivity contribution in [3.8, 4) is 0 Å². The average Bonchev–Trinajstić information content (AvgIpc) is 2.41. The van der Waals surface area contributed by atoms with Crippen LogP contribution in [0.3, 0.4) is 0 Å². The van der Waals surface area contributed by atoms with E-state index in [0.29, 0.717) is 24.5 Å². The van der Waals surface area contributed by atoms with Crippen molar-refractivity contribution in [2.45, 2.75) is 51.6 Å². The van der Waals surface area contributed by atoms with Gasteiger partial charge in [0.1, 0.15) is 0 Å². The minimum absolute atomic E-state index is 0. The van der Waals surface area contributed by atoms with Crippen LogP contribution in [0.5, 0.6) is 0 Å². The van der Waals surface area contributed by atoms with Gasteiger partial charge in [-0.2, -0.15) is 0 Å². The molecule has 20 heavy (non-hydrogen) atoms. The number of halogens is 1. The molecule has 1 aliphatic carbocycles. The molecule has 4 nitrogen and oxygen atoms in total. The van der Waals surface area contributed by atoms with Crippen molar-refractivity contribution < 1.29 is 4.79 Å². The molecule has 1 atom stereocenters. The highest BCUT2D eigenvalue weighted by Gasteiger charge is 2.27. The molecule has 1 amide bonds. The van der Waals surface area contributed by atoms with Gasteiger partial charge in [-0.15, -0.1) is 12.4 Å². The summed E-state index contributed by atoms with van der Waals surface area (Å²) >= 11 is 0. The normalized spacial score (nSPS) is 31.4. The van der Waals surface area contributed by atoms with Gasteiger partial charge in [0.15, 0.2) is 0 Å². The molecular weight excluding hydrogens is 274 g/mol. The summed E-state index contributed by atoms with van der Waals surface area (Å²) in [6, 6.07) is 0.944. The van der Waals surface area contributed by atoms with Crippen molar-refractivity contribution >= 4 is 18.3 Å². The first kappa shape index (κ1) is 17.7. The van der Waals surface area contributed by atoms with Crippen molar-refractivity contribution in [2.75, 3.05) is 33.2 Å². The van der Waals surface area contributed by atoms with Crippen LogP contribution in [0.1, 0.15) is 39.5 Å². The molecule has 1 heterocycles. The Morgan fingerprint density at radius 2 is 1.90 bits per heavy atom. The third-order valence-corrected chi connectivity index (χ3v) is 4.90. The quantitative estimate of drug-likeness (QED) is 0.863. The molecule has 0 aromatic heterocycles. The number of nitrogens with one attached hydrogen (secondary N) is 1. The predicted molar refractivity (Wildman–Crippen MR) is 85.3 cm³/mol. The van der Waals surface area contributed by atoms with Crippen LogP contribution in [0.25, 0.3) is 0 Å². The Morgan fingerprint density at radius 1 is 1.25 bits per heavy atom. The zero-order chi connectivity index (χ0) is 13.8. The summed E-state index contributed by atoms with van der Waals surface area (Å²) < 4.78 is 0. The van der Waals surface area contributed by atoms with Crippen LogP contribution < -0.4 is 5.32 Å². The molecule has 2 fully saturated rings. The number of amides is 1. The SMILES string of the molecule is CC1CCC(N(C)C(=O)CN2CCNC[C@@H]2C)CC1.Cl. The van der Waals surface area contributed by atoms with Crippen LogP contribution in [-0.2, 0) is 4.79 Å². The van der Waals surface area contributed by atoms with E-state index in [2.05, 4.69) is 24.1 Å². The second kappa shape index (κ2) is 8.20. The summed E-state index contributed by atoms with van der Waals surface area (Å²) in [6.45, 7) is 8.09. The van der Waals surface area contributed by atoms with Crippen molar-refractivity contribution in [1.82, 2.24) is 15.1 Å². The van der Waals surface area contributed by atoms with Gasteiger partial charge in [-0.25, -0.2) is 0 Å². The lowest BCUT2D eigenvalue weighted by Crippen LogP contribution is -2.53. The Kier molecular flexibility index (Phi) is 7.27. The third-order valence-electron chi connectivity index (χ3n) is 4.90. The van der Waals surface area contributed by atoms with Gasteiger partial charge in [0.25, 0.3) is 0 Å². The fourth-order valence-electron chi connectivity index (χ4n) is 3.24. The Balaban J connectivity index is 0.00000200. The molecule has 1 aliphatic heterocycles. The van der Waals surface area contributed by atoms with E-state index in [-0.39, 0.29) is 12.4 Å². The number of nitrogens with zero attached hydrogens (tertiary/aromatic N) is 2. The van der Waals surface area contributed by atoms with Gasteiger partial charge in [-0.05, 0) is 38.5 Å². The van der Waals surface area contributed by atoms with Crippen molar-refractivity contribution in [2.24, 2.45) is 5.92 Å². The standard InChI is InChI=1S/C15H29N3O.ClH/c1-12-4-6-14(7-5-12)17(3)15(19)11-18-9-8-16-10-13(18)2;/h12-14,16H,4-11H2,1-3H3;1H/t12?,13-,14?;/m0./s1. The van der Waals surface area contributed by atoms with Gasteiger partial charge in [-0.3, -0.25) is 9.69 Å². The number of likely N-dealkylation sites (N-methyl/N-ethyl adjacent to an activating group) is 1. The lowest BCUT2D eigenvalue weighted by Gasteiger charge is -2.37. The zero-order valence-corrected chi connectivity index (χ0v) is 13.9. The van der Waals surface area contributed by atoms with E-state index in [0.717, 1.165) is 25.6 Å². The van der Waals surface area contributed by atoms with Crippen LogP contribution in [0, 0.1) is 5.92 Å². The van der Waals surface area contributed by atoms with Crippen molar-refractivity contribution in [3.05, 3.63) is 0 Å². The maximum Gasteiger partial charge on any atom is 0.236 e. The number of piperazine rings is 1. The minimum atomic E-state index is 0. The van der Waals surface area contributed by atoms with Gasteiger partial charge >= 0.3 is 0 Å². The summed E-state index contributed by atoms with van der Waals surface area (Å²) in [5.74, 6) is 1.14. The third kappa shape index (κ3) is 4.61. The van der Waals surface area contributed by atoms with Crippen LogP contribution in [0.15, 0.2) is 0 Å². The highest BCUT2D eigenvalue weighted by molar-refractivity contribution is 5.85. The van der Waals surface area contributed by atoms with Gasteiger partial charge in [-0.1, -0.05) is 6.92 Å². The molecule has 2 aliphatic rings. The van der Waals surface area contributed by atoms with E-state index in [1.807, 2.05) is 11.9 Å². The Labute approximate surface area is 129 Å². The first-order valence-electron chi connectivity index (χ1n) is 7.78. The fourth-order valence-corrected chi connectivity index (χ4v) is 3.24. The van der Waals surface area contributed by atoms with Crippen LogP contribution in [0.4, 0.5) is 0 Å². The van der Waals surface area contributed by atoms with E-state index >= 15 is 0 Å². The van der Waals surface area contributed by atoms with Crippen LogP contribution in [-0.4, -0.2) is 61.0 Å². The molecule has 0 unspecified atom stereocenters. The molecule has 2 rings (SSSR count). The molecule has 0 radical (unpaired) electrons. The van der Waals surface area contributed by atoms with Crippen molar-refractivity contribution in [1.29, 1.82) is 0 Å². The van der Waals surface area contributed by atoms with Crippen molar-refractivity contribution in [3.63, 3.8) is 0 Å². The number of hydrogen-bond donors (Lipinski definition) is 1. The second-order valence-corrected chi connectivity index (χ2v) is 6.44. The smallest absolute Gasteiger partial charge is 0.236 e. The van der Waals surface area contributed by atoms with Gasteiger partial charge in [0.05, 0.1) is 6.54 Å². The summed E-state index contributed by atoms with van der Waals surface area (Å²) in [7, 11) is 2.00. The molecule has 0 aromatic carbocycles. The van der Waals surface area contributed by atoms with E-state index < -0.39 is 0 Å². The van der Waals surface area contributed by atoms with E-state index in [4.69, 9.17) is 0 Å². The first-order valence-corrected chi connectivity index (χ1v) is 7.78. The van der Waals surface area contributed by atoms with E-state index in [1.54, 1.807) is 0 Å². The molecule has 0 spiro atoms. The van der Waals surface area contributed by atoms with Gasteiger partial charge < -0.3 is 10.2 Å². The monoisotopic (exact) mass is 303 g/mol. The minimum Gasteiger partial charge on any atom is -0.342 e. The summed E-state index contributed by atoms with van der Waals surface area (Å²) in [5, 5.41) is 3.37. The average molecular weight is 304 g/mol. The maximum atomic E-state index is 12.4. The zero-order valence-electron chi connectivity index (χ0n) is 13.1. The summed E-state index contributed by atoms with van der Waals surface area (Å²) in [6.07, 6.45) is 4.90. The number of hydrogen-bond acceptors (Lipinski definition) is 3. The number of carbonyl (C=O) groups excluding carboxylic acids is 1. The first-order chi connectivity index (χ1) is 9.08. The molecule has 1 saturated heterocycles. The lowest BCUT2D eigenvalue weighted by molar-refractivity contribution is -0.134. The summed E-state index contributed by atoms with van der Waals surface area (Å²) in [4.78, 5) is 16.7. The van der Waals surface area contributed by atoms with Gasteiger partial charge in [0.2, 0.25) is 5.91 Å². The fraction of sp³-hybridized carbons (Fsp3) is 0.933. The summed E-state index contributed by atoms with van der Waals surface area (Å²) in [5.41, 5.74) is 0. The molecule has 1 saturated carbocycles. The topological polar surface area (TPSA) is 35.6 Å². The molecule has 1 N–H and O–H groups in total. The number of rotatable bonds is 3. The highest BCUT2D eigenvalue weighted by atomic mass is 35.5. The Hall–Kier alpha value is -0.320. The highest BCUT2D eigenvalue weighted by Crippen LogP contribution is 2.26. The Morgan fingerprint density at radius 3 is 2.50 bits per heavy atom. The van der Waals surface area contributed by atoms with E-state index in [1.165, 1.54) is 25.7 Å². The maximum absolute atomic E-state index is 12.4. The number of carbonyl (C=O) groups is 1. The molecule has 0 bridgehead atoms. The second-order valence-electron chi connectivity index (χ2n) is 6.44. The molecule has 118 valence electrons. The lowest BCUT2D eigenvalue weighted by atomic mass is 9.87. The van der Waals surface area contributed by atoms with Crippen LogP contribution >= 0.6 is 12.4 Å². The largest absolute Gasteiger partial charge is 0.342 e. The predicted octanol–water partition coefficient (Wildman–Crippen LogP) is 1.74. The van der Waals surface area contributed by atoms with E-state index in [9.17, 15) is 4.79 Å².